The van der Waals surface area contributed by atoms with Crippen molar-refractivity contribution >= 4 is 17.5 Å². The number of Topliss-reactive ketones (excluding diaryl/α,β-unsaturated/α-hetero) is 1. The van der Waals surface area contributed by atoms with Crippen molar-refractivity contribution in [1.29, 1.82) is 5.26 Å². The normalized spacial score (nSPS) is 44.0. The lowest BCUT2D eigenvalue weighted by atomic mass is 9.70. The van der Waals surface area contributed by atoms with Gasteiger partial charge in [-0.1, -0.05) is 20.8 Å². The molecule has 0 aromatic rings. The number of hydrogen-bond acceptors (Lipinski definition) is 3. The summed E-state index contributed by atoms with van der Waals surface area (Å²) in [7, 11) is 0. The zero-order chi connectivity index (χ0) is 10.6. The van der Waals surface area contributed by atoms with Crippen LogP contribution in [-0.2, 0) is 4.79 Å². The predicted molar refractivity (Wildman–Crippen MR) is 56.6 cm³/mol. The number of rotatable bonds is 1. The lowest BCUT2D eigenvalue weighted by Crippen LogP contribution is -2.33. The smallest absolute Gasteiger partial charge is 0.153 e. The number of hydrogen-bond donors (Lipinski definition) is 0. The fraction of sp³-hybridized carbons (Fsp3) is 0.818. The number of fused-ring (bicyclic) bond motifs is 2. The van der Waals surface area contributed by atoms with Crippen LogP contribution in [0.15, 0.2) is 0 Å². The molecule has 3 heteroatoms. The summed E-state index contributed by atoms with van der Waals surface area (Å²) in [6, 6.07) is 0. The van der Waals surface area contributed by atoms with E-state index < -0.39 is 0 Å². The van der Waals surface area contributed by atoms with Crippen molar-refractivity contribution < 1.29 is 4.79 Å². The molecule has 2 aliphatic rings. The third-order valence-electron chi connectivity index (χ3n) is 4.65. The van der Waals surface area contributed by atoms with Gasteiger partial charge in [-0.15, -0.1) is 0 Å². The number of carbonyl (C=O) groups is 1. The maximum absolute atomic E-state index is 12.1. The van der Waals surface area contributed by atoms with Crippen LogP contribution in [-0.4, -0.2) is 11.0 Å². The second-order valence-corrected chi connectivity index (χ2v) is 6.12. The average Bonchev–Trinajstić information content (AvgIpc) is 2.41. The van der Waals surface area contributed by atoms with Gasteiger partial charge in [0.05, 0.1) is 5.25 Å². The minimum absolute atomic E-state index is 0.0613. The monoisotopic (exact) mass is 209 g/mol. The van der Waals surface area contributed by atoms with E-state index in [0.29, 0.717) is 11.7 Å². The number of nitriles is 1. The van der Waals surface area contributed by atoms with Gasteiger partial charge < -0.3 is 0 Å². The molecule has 0 heterocycles. The quantitative estimate of drug-likeness (QED) is 0.623. The summed E-state index contributed by atoms with van der Waals surface area (Å²) in [6.07, 6.45) is 2.11. The Labute approximate surface area is 89.1 Å². The van der Waals surface area contributed by atoms with Gasteiger partial charge in [0.1, 0.15) is 5.40 Å². The Balaban J connectivity index is 2.40. The first-order valence-corrected chi connectivity index (χ1v) is 5.92. The van der Waals surface area contributed by atoms with E-state index in [1.54, 1.807) is 0 Å². The van der Waals surface area contributed by atoms with Gasteiger partial charge in [0.25, 0.3) is 0 Å². The number of thioether (sulfide) groups is 1. The molecule has 76 valence electrons. The van der Waals surface area contributed by atoms with Crippen LogP contribution in [0.4, 0.5) is 0 Å². The largest absolute Gasteiger partial charge is 0.298 e. The van der Waals surface area contributed by atoms with Crippen LogP contribution in [0, 0.1) is 27.4 Å². The molecule has 2 fully saturated rings. The van der Waals surface area contributed by atoms with E-state index in [1.807, 2.05) is 0 Å². The maximum atomic E-state index is 12.1. The summed E-state index contributed by atoms with van der Waals surface area (Å²) in [5.41, 5.74) is -0.0925. The molecule has 0 spiro atoms. The van der Waals surface area contributed by atoms with Crippen molar-refractivity contribution in [3.05, 3.63) is 0 Å². The Hall–Kier alpha value is -0.490. The Bertz CT molecular complexity index is 331. The van der Waals surface area contributed by atoms with Gasteiger partial charge in [0.2, 0.25) is 0 Å². The maximum Gasteiger partial charge on any atom is 0.153 e. The van der Waals surface area contributed by atoms with Gasteiger partial charge in [0.15, 0.2) is 5.78 Å². The molecule has 0 unspecified atom stereocenters. The van der Waals surface area contributed by atoms with Gasteiger partial charge in [-0.3, -0.25) is 4.79 Å². The molecular formula is C11H15NOS. The number of thiocyanates is 1. The molecule has 2 bridgehead atoms. The average molecular weight is 209 g/mol. The molecule has 0 aromatic heterocycles. The minimum atomic E-state index is -0.174. The summed E-state index contributed by atoms with van der Waals surface area (Å²) < 4.78 is 0. The van der Waals surface area contributed by atoms with Crippen LogP contribution in [0.1, 0.15) is 33.6 Å². The van der Waals surface area contributed by atoms with E-state index in [0.717, 1.165) is 12.8 Å². The standard InChI is InChI=1S/C11H15NOS/c1-10(2)7-4-5-11(10,3)9(13)8(7)14-6-12/h7-8H,4-5H2,1-3H3/t7-,8+,11+/m1/s1. The number of nitrogens with zero attached hydrogens (tertiary/aromatic N) is 1. The summed E-state index contributed by atoms with van der Waals surface area (Å²) >= 11 is 1.17. The summed E-state index contributed by atoms with van der Waals surface area (Å²) in [5, 5.41) is 10.7. The summed E-state index contributed by atoms with van der Waals surface area (Å²) in [6.45, 7) is 6.44. The third kappa shape index (κ3) is 0.904. The van der Waals surface area contributed by atoms with Crippen molar-refractivity contribution in [2.24, 2.45) is 16.7 Å². The molecule has 2 nitrogen and oxygen atoms in total. The topological polar surface area (TPSA) is 40.9 Å². The molecule has 0 N–H and O–H groups in total. The molecule has 0 saturated heterocycles. The Kier molecular flexibility index (Phi) is 1.98. The first-order valence-electron chi connectivity index (χ1n) is 5.04. The zero-order valence-electron chi connectivity index (χ0n) is 8.83. The molecular weight excluding hydrogens is 194 g/mol. The molecule has 2 saturated carbocycles. The molecule has 0 radical (unpaired) electrons. The Morgan fingerprint density at radius 2 is 2.14 bits per heavy atom. The number of carbonyl (C=O) groups excluding carboxylic acids is 1. The molecule has 0 aromatic carbocycles. The second kappa shape index (κ2) is 2.76. The van der Waals surface area contributed by atoms with Crippen molar-refractivity contribution in [2.75, 3.05) is 0 Å². The highest BCUT2D eigenvalue weighted by Crippen LogP contribution is 2.65. The van der Waals surface area contributed by atoms with Gasteiger partial charge in [0, 0.05) is 5.41 Å². The second-order valence-electron chi connectivity index (χ2n) is 5.19. The molecule has 2 aliphatic carbocycles. The van der Waals surface area contributed by atoms with E-state index in [4.69, 9.17) is 5.26 Å². The SMILES string of the molecule is CC1(C)[C@@H]2CC[C@@]1(C)C(=O)[C@H]2SC#N. The Morgan fingerprint density at radius 3 is 2.57 bits per heavy atom. The van der Waals surface area contributed by atoms with Crippen molar-refractivity contribution in [1.82, 2.24) is 0 Å². The van der Waals surface area contributed by atoms with Crippen LogP contribution in [0.3, 0.4) is 0 Å². The Morgan fingerprint density at radius 1 is 1.50 bits per heavy atom. The highest BCUT2D eigenvalue weighted by atomic mass is 32.2. The van der Waals surface area contributed by atoms with Crippen molar-refractivity contribution in [3.8, 4) is 5.40 Å². The first-order chi connectivity index (χ1) is 6.45. The van der Waals surface area contributed by atoms with Gasteiger partial charge in [-0.05, 0) is 35.9 Å². The van der Waals surface area contributed by atoms with Gasteiger partial charge in [-0.25, -0.2) is 0 Å². The lowest BCUT2D eigenvalue weighted by molar-refractivity contribution is -0.127. The molecule has 14 heavy (non-hydrogen) atoms. The summed E-state index contributed by atoms with van der Waals surface area (Å²) in [4.78, 5) is 12.1. The molecule has 0 amide bonds. The number of ketones is 1. The zero-order valence-corrected chi connectivity index (χ0v) is 9.65. The highest BCUT2D eigenvalue weighted by Gasteiger charge is 2.66. The van der Waals surface area contributed by atoms with E-state index in [9.17, 15) is 4.79 Å². The van der Waals surface area contributed by atoms with Crippen LogP contribution in [0.2, 0.25) is 0 Å². The minimum Gasteiger partial charge on any atom is -0.298 e. The van der Waals surface area contributed by atoms with E-state index in [2.05, 4.69) is 26.2 Å². The van der Waals surface area contributed by atoms with Crippen molar-refractivity contribution in [2.45, 2.75) is 38.9 Å². The van der Waals surface area contributed by atoms with E-state index in [-0.39, 0.29) is 16.1 Å². The third-order valence-corrected chi connectivity index (χ3v) is 5.55. The molecule has 3 atom stereocenters. The van der Waals surface area contributed by atoms with Crippen LogP contribution in [0.5, 0.6) is 0 Å². The molecule has 2 rings (SSSR count). The van der Waals surface area contributed by atoms with E-state index >= 15 is 0 Å². The van der Waals surface area contributed by atoms with Gasteiger partial charge in [-0.2, -0.15) is 5.26 Å². The fourth-order valence-electron chi connectivity index (χ4n) is 3.20. The predicted octanol–water partition coefficient (Wildman–Crippen LogP) is 2.59. The summed E-state index contributed by atoms with van der Waals surface area (Å²) in [5.74, 6) is 0.718. The van der Waals surface area contributed by atoms with Crippen LogP contribution in [0.25, 0.3) is 0 Å². The van der Waals surface area contributed by atoms with Crippen LogP contribution >= 0.6 is 11.8 Å². The molecule has 0 aliphatic heterocycles. The van der Waals surface area contributed by atoms with Crippen LogP contribution < -0.4 is 0 Å². The van der Waals surface area contributed by atoms with E-state index in [1.165, 1.54) is 11.8 Å². The first kappa shape index (κ1) is 10.0. The van der Waals surface area contributed by atoms with Gasteiger partial charge >= 0.3 is 0 Å². The highest BCUT2D eigenvalue weighted by molar-refractivity contribution is 8.05. The lowest BCUT2D eigenvalue weighted by Gasteiger charge is -2.32. The van der Waals surface area contributed by atoms with Crippen molar-refractivity contribution in [3.63, 3.8) is 0 Å². The fourth-order valence-corrected chi connectivity index (χ4v) is 4.32.